The molecule has 2 aromatic rings. The Morgan fingerprint density at radius 1 is 1.03 bits per heavy atom. The second-order valence-electron chi connectivity index (χ2n) is 7.29. The molecule has 174 valence electrons. The number of nitrogens with zero attached hydrogens (tertiary/aromatic N) is 2. The van der Waals surface area contributed by atoms with E-state index in [0.717, 1.165) is 17.0 Å². The summed E-state index contributed by atoms with van der Waals surface area (Å²) < 4.78 is 25.9. The number of halogens is 2. The smallest absolute Gasteiger partial charge is 0.244 e. The average molecular weight is 500 g/mol. The molecule has 32 heavy (non-hydrogen) atoms. The fraction of sp³-hybridized carbons (Fsp3) is 0.364. The summed E-state index contributed by atoms with van der Waals surface area (Å²) in [6, 6.07) is 12.4. The van der Waals surface area contributed by atoms with Crippen molar-refractivity contribution in [1.82, 2.24) is 10.2 Å². The van der Waals surface area contributed by atoms with Crippen molar-refractivity contribution >= 4 is 50.7 Å². The predicted octanol–water partition coefficient (Wildman–Crippen LogP) is 3.70. The largest absolute Gasteiger partial charge is 0.354 e. The number of benzene rings is 2. The Bertz CT molecular complexity index is 1030. The van der Waals surface area contributed by atoms with Crippen molar-refractivity contribution in [2.45, 2.75) is 32.9 Å². The van der Waals surface area contributed by atoms with Crippen LogP contribution >= 0.6 is 23.2 Å². The third-order valence-electron chi connectivity index (χ3n) is 4.83. The molecule has 0 spiro atoms. The van der Waals surface area contributed by atoms with Crippen LogP contribution < -0.4 is 9.62 Å². The summed E-state index contributed by atoms with van der Waals surface area (Å²) in [6.07, 6.45) is 1.76. The van der Waals surface area contributed by atoms with E-state index in [1.807, 2.05) is 6.92 Å². The van der Waals surface area contributed by atoms with E-state index in [1.165, 1.54) is 4.90 Å². The number of anilines is 1. The Labute approximate surface area is 199 Å². The third-order valence-corrected chi connectivity index (χ3v) is 6.68. The lowest BCUT2D eigenvalue weighted by molar-refractivity contribution is -0.139. The molecule has 1 N–H and O–H groups in total. The number of sulfonamides is 1. The maximum atomic E-state index is 13.4. The minimum Gasteiger partial charge on any atom is -0.354 e. The highest BCUT2D eigenvalue weighted by Gasteiger charge is 2.30. The molecule has 1 atom stereocenters. The second kappa shape index (κ2) is 11.5. The molecule has 0 saturated heterocycles. The third kappa shape index (κ3) is 6.85. The number of rotatable bonds is 10. The van der Waals surface area contributed by atoms with Gasteiger partial charge >= 0.3 is 0 Å². The molecule has 2 rings (SSSR count). The zero-order chi connectivity index (χ0) is 23.9. The Morgan fingerprint density at radius 2 is 1.62 bits per heavy atom. The van der Waals surface area contributed by atoms with Crippen LogP contribution in [0.3, 0.4) is 0 Å². The molecule has 10 heteroatoms. The summed E-state index contributed by atoms with van der Waals surface area (Å²) in [7, 11) is -3.76. The number of amides is 2. The van der Waals surface area contributed by atoms with Crippen LogP contribution in [0.2, 0.25) is 10.0 Å². The molecule has 0 aromatic heterocycles. The van der Waals surface area contributed by atoms with Crippen LogP contribution in [0.4, 0.5) is 5.69 Å². The minimum absolute atomic E-state index is 0.0511. The van der Waals surface area contributed by atoms with Gasteiger partial charge in [0.25, 0.3) is 0 Å². The summed E-state index contributed by atoms with van der Waals surface area (Å²) in [6.45, 7) is 3.43. The van der Waals surface area contributed by atoms with E-state index in [4.69, 9.17) is 23.2 Å². The van der Waals surface area contributed by atoms with Gasteiger partial charge in [0.2, 0.25) is 21.8 Å². The molecule has 0 aliphatic heterocycles. The number of carbonyl (C=O) groups is 2. The molecule has 0 aliphatic rings. The van der Waals surface area contributed by atoms with E-state index in [1.54, 1.807) is 55.5 Å². The van der Waals surface area contributed by atoms with Gasteiger partial charge in [0.05, 0.1) is 11.9 Å². The lowest BCUT2D eigenvalue weighted by Crippen LogP contribution is -2.51. The molecule has 0 fully saturated rings. The van der Waals surface area contributed by atoms with Crippen molar-refractivity contribution in [2.24, 2.45) is 0 Å². The lowest BCUT2D eigenvalue weighted by Gasteiger charge is -2.32. The summed E-state index contributed by atoms with van der Waals surface area (Å²) in [5, 5.41) is 3.46. The first-order valence-electron chi connectivity index (χ1n) is 10.1. The van der Waals surface area contributed by atoms with Crippen LogP contribution in [-0.4, -0.2) is 50.5 Å². The van der Waals surface area contributed by atoms with E-state index in [2.05, 4.69) is 5.32 Å². The standard InChI is InChI=1S/C22H27Cl2N3O4S/c1-4-13-25-22(29)16(2)26(14-18-19(23)11-8-12-20(18)24)21(28)15-27(32(3,30)31)17-9-6-5-7-10-17/h5-12,16H,4,13-15H2,1-3H3,(H,25,29)/t16-/m1/s1. The number of carbonyl (C=O) groups excluding carboxylic acids is 2. The molecule has 0 aliphatic carbocycles. The highest BCUT2D eigenvalue weighted by Crippen LogP contribution is 2.27. The van der Waals surface area contributed by atoms with Crippen molar-refractivity contribution in [1.29, 1.82) is 0 Å². The van der Waals surface area contributed by atoms with Crippen molar-refractivity contribution in [3.63, 3.8) is 0 Å². The van der Waals surface area contributed by atoms with Crippen LogP contribution in [0.1, 0.15) is 25.8 Å². The van der Waals surface area contributed by atoms with Crippen LogP contribution in [0.25, 0.3) is 0 Å². The van der Waals surface area contributed by atoms with Gasteiger partial charge in [-0.15, -0.1) is 0 Å². The molecule has 2 amide bonds. The molecule has 7 nitrogen and oxygen atoms in total. The molecule has 2 aromatic carbocycles. The maximum Gasteiger partial charge on any atom is 0.244 e. The Morgan fingerprint density at radius 3 is 2.16 bits per heavy atom. The second-order valence-corrected chi connectivity index (χ2v) is 10.0. The zero-order valence-corrected chi connectivity index (χ0v) is 20.5. The Hall–Kier alpha value is -2.29. The summed E-state index contributed by atoms with van der Waals surface area (Å²) in [5.41, 5.74) is 0.826. The highest BCUT2D eigenvalue weighted by atomic mass is 35.5. The minimum atomic E-state index is -3.76. The zero-order valence-electron chi connectivity index (χ0n) is 18.2. The number of hydrogen-bond donors (Lipinski definition) is 1. The van der Waals surface area contributed by atoms with E-state index >= 15 is 0 Å². The molecule has 0 unspecified atom stereocenters. The predicted molar refractivity (Wildman–Crippen MR) is 128 cm³/mol. The number of para-hydroxylation sites is 1. The topological polar surface area (TPSA) is 86.8 Å². The first-order chi connectivity index (χ1) is 15.1. The lowest BCUT2D eigenvalue weighted by atomic mass is 10.1. The molecular formula is C22H27Cl2N3O4S. The monoisotopic (exact) mass is 499 g/mol. The average Bonchev–Trinajstić information content (AvgIpc) is 2.74. The Kier molecular flexibility index (Phi) is 9.36. The fourth-order valence-electron chi connectivity index (χ4n) is 3.04. The van der Waals surface area contributed by atoms with Crippen molar-refractivity contribution in [3.8, 4) is 0 Å². The van der Waals surface area contributed by atoms with Gasteiger partial charge in [-0.1, -0.05) is 54.4 Å². The van der Waals surface area contributed by atoms with Crippen LogP contribution in [-0.2, 0) is 26.2 Å². The van der Waals surface area contributed by atoms with Crippen molar-refractivity contribution < 1.29 is 18.0 Å². The van der Waals surface area contributed by atoms with Crippen LogP contribution in [0.5, 0.6) is 0 Å². The fourth-order valence-corrected chi connectivity index (χ4v) is 4.41. The van der Waals surface area contributed by atoms with Gasteiger partial charge in [-0.05, 0) is 37.6 Å². The normalized spacial score (nSPS) is 12.2. The van der Waals surface area contributed by atoms with E-state index in [0.29, 0.717) is 27.8 Å². The Balaban J connectivity index is 2.40. The molecular weight excluding hydrogens is 473 g/mol. The SMILES string of the molecule is CCCNC(=O)[C@@H](C)N(Cc1c(Cl)cccc1Cl)C(=O)CN(c1ccccc1)S(C)(=O)=O. The maximum absolute atomic E-state index is 13.4. The summed E-state index contributed by atoms with van der Waals surface area (Å²) in [4.78, 5) is 27.3. The molecule has 0 radical (unpaired) electrons. The molecule has 0 heterocycles. The van der Waals surface area contributed by atoms with Gasteiger partial charge in [0.1, 0.15) is 12.6 Å². The highest BCUT2D eigenvalue weighted by molar-refractivity contribution is 7.92. The van der Waals surface area contributed by atoms with Gasteiger partial charge in [-0.25, -0.2) is 8.42 Å². The first kappa shape index (κ1) is 26.0. The van der Waals surface area contributed by atoms with Crippen LogP contribution in [0.15, 0.2) is 48.5 Å². The summed E-state index contributed by atoms with van der Waals surface area (Å²) in [5.74, 6) is -0.914. The molecule has 0 bridgehead atoms. The van der Waals surface area contributed by atoms with Gasteiger partial charge in [-0.3, -0.25) is 13.9 Å². The van der Waals surface area contributed by atoms with Gasteiger partial charge in [-0.2, -0.15) is 0 Å². The van der Waals surface area contributed by atoms with Gasteiger partial charge in [0.15, 0.2) is 0 Å². The van der Waals surface area contributed by atoms with Crippen LogP contribution in [0, 0.1) is 0 Å². The molecule has 0 saturated carbocycles. The number of nitrogens with one attached hydrogen (secondary N) is 1. The number of hydrogen-bond acceptors (Lipinski definition) is 4. The first-order valence-corrected chi connectivity index (χ1v) is 12.7. The van der Waals surface area contributed by atoms with E-state index < -0.39 is 28.5 Å². The van der Waals surface area contributed by atoms with E-state index in [9.17, 15) is 18.0 Å². The quantitative estimate of drug-likeness (QED) is 0.539. The van der Waals surface area contributed by atoms with E-state index in [-0.39, 0.29) is 12.5 Å². The summed E-state index contributed by atoms with van der Waals surface area (Å²) >= 11 is 12.6. The van der Waals surface area contributed by atoms with Crippen molar-refractivity contribution in [2.75, 3.05) is 23.7 Å². The van der Waals surface area contributed by atoms with Gasteiger partial charge in [0, 0.05) is 28.7 Å². The van der Waals surface area contributed by atoms with Crippen molar-refractivity contribution in [3.05, 3.63) is 64.1 Å². The van der Waals surface area contributed by atoms with Gasteiger partial charge < -0.3 is 10.2 Å².